The summed E-state index contributed by atoms with van der Waals surface area (Å²) in [5.74, 6) is 3.40. The summed E-state index contributed by atoms with van der Waals surface area (Å²) in [6.45, 7) is 10.9. The quantitative estimate of drug-likeness (QED) is 0.0948. The van der Waals surface area contributed by atoms with Gasteiger partial charge in [-0.05, 0) is 119 Å². The van der Waals surface area contributed by atoms with Crippen LogP contribution in [-0.2, 0) is 0 Å². The lowest BCUT2D eigenvalue weighted by Crippen LogP contribution is -2.03. The summed E-state index contributed by atoms with van der Waals surface area (Å²) in [6, 6.07) is 61.1. The van der Waals surface area contributed by atoms with Gasteiger partial charge >= 0.3 is 0 Å². The molecule has 344 valence electrons. The minimum atomic E-state index is 0.569. The molecule has 1 aliphatic rings. The molecule has 8 bridgehead atoms. The van der Waals surface area contributed by atoms with Gasteiger partial charge in [0.15, 0.2) is 0 Å². The Kier molecular flexibility index (Phi) is 16.1. The van der Waals surface area contributed by atoms with E-state index in [-0.39, 0.29) is 0 Å². The predicted octanol–water partition coefficient (Wildman–Crippen LogP) is 18.4. The fourth-order valence-corrected chi connectivity index (χ4v) is 12.7. The lowest BCUT2D eigenvalue weighted by molar-refractivity contribution is 0.299. The Morgan fingerprint density at radius 2 is 0.426 bits per heavy atom. The van der Waals surface area contributed by atoms with E-state index in [0.717, 1.165) is 132 Å². The Labute approximate surface area is 419 Å². The van der Waals surface area contributed by atoms with Gasteiger partial charge in [0.25, 0.3) is 0 Å². The minimum Gasteiger partial charge on any atom is -0.491 e. The van der Waals surface area contributed by atoms with E-state index in [2.05, 4.69) is 198 Å². The molecule has 8 heteroatoms. The van der Waals surface area contributed by atoms with Gasteiger partial charge in [-0.3, -0.25) is 0 Å². The first-order valence-electron chi connectivity index (χ1n) is 23.7. The maximum absolute atomic E-state index is 6.96. The molecular formula is C60H56O4S4. The second-order valence-electron chi connectivity index (χ2n) is 16.5. The van der Waals surface area contributed by atoms with Gasteiger partial charge in [-0.25, -0.2) is 0 Å². The lowest BCUT2D eigenvalue weighted by Gasteiger charge is -2.24. The van der Waals surface area contributed by atoms with Crippen molar-refractivity contribution in [2.75, 3.05) is 26.4 Å². The van der Waals surface area contributed by atoms with Crippen molar-refractivity contribution in [3.8, 4) is 67.5 Å². The van der Waals surface area contributed by atoms with E-state index in [4.69, 9.17) is 18.9 Å². The molecule has 0 spiro atoms. The molecule has 0 saturated heterocycles. The van der Waals surface area contributed by atoms with Crippen molar-refractivity contribution in [1.82, 2.24) is 0 Å². The number of benzene rings is 8. The number of hydrogen-bond donors (Lipinski definition) is 0. The van der Waals surface area contributed by atoms with Crippen molar-refractivity contribution in [1.29, 1.82) is 0 Å². The standard InChI is InChI=1S/C60H56O4S4/c1-5-29-61-57-49-33-45(41-21-13-9-14-22-41)34-50(57)66-52-36-47(43-25-17-11-18-26-43)38-54(59(52)63-31-7-3)68-56-40-48(44-27-19-12-20-28-44)39-55(60(56)64-32-8-4)67-53-37-46(42-23-15-10-16-24-42)35-51(65-49)58(53)62-30-6-2/h9-28,33-40H,5-8,29-32H2,1-4H3. The van der Waals surface area contributed by atoms with Crippen LogP contribution in [0.2, 0.25) is 0 Å². The smallest absolute Gasteiger partial charge is 0.147 e. The lowest BCUT2D eigenvalue weighted by atomic mass is 10.1. The van der Waals surface area contributed by atoms with Crippen LogP contribution in [-0.4, -0.2) is 26.4 Å². The first kappa shape index (κ1) is 47.4. The Bertz CT molecular complexity index is 2450. The highest BCUT2D eigenvalue weighted by molar-refractivity contribution is 8.01. The first-order chi connectivity index (χ1) is 33.5. The zero-order valence-corrected chi connectivity index (χ0v) is 42.4. The van der Waals surface area contributed by atoms with E-state index in [0.29, 0.717) is 26.4 Å². The monoisotopic (exact) mass is 968 g/mol. The summed E-state index contributed by atoms with van der Waals surface area (Å²) in [5, 5.41) is 0. The summed E-state index contributed by atoms with van der Waals surface area (Å²) in [7, 11) is 0. The van der Waals surface area contributed by atoms with Gasteiger partial charge in [0.1, 0.15) is 23.0 Å². The number of rotatable bonds is 16. The average Bonchev–Trinajstić information content (AvgIpc) is 3.38. The van der Waals surface area contributed by atoms with Crippen molar-refractivity contribution in [3.05, 3.63) is 170 Å². The third-order valence-corrected chi connectivity index (χ3v) is 15.4. The highest BCUT2D eigenvalue weighted by atomic mass is 32.2. The van der Waals surface area contributed by atoms with Gasteiger partial charge < -0.3 is 18.9 Å². The van der Waals surface area contributed by atoms with E-state index in [1.807, 2.05) is 0 Å². The molecule has 0 unspecified atom stereocenters. The molecule has 1 aliphatic heterocycles. The van der Waals surface area contributed by atoms with Crippen LogP contribution in [0.5, 0.6) is 23.0 Å². The molecule has 8 aromatic carbocycles. The van der Waals surface area contributed by atoms with Crippen LogP contribution in [0.1, 0.15) is 53.4 Å². The van der Waals surface area contributed by atoms with Crippen LogP contribution in [0.4, 0.5) is 0 Å². The molecule has 9 rings (SSSR count). The van der Waals surface area contributed by atoms with Crippen LogP contribution in [0.3, 0.4) is 0 Å². The molecular weight excluding hydrogens is 913 g/mol. The zero-order valence-electron chi connectivity index (χ0n) is 39.1. The zero-order chi connectivity index (χ0) is 46.7. The van der Waals surface area contributed by atoms with Crippen molar-refractivity contribution in [2.45, 2.75) is 92.5 Å². The second-order valence-corrected chi connectivity index (χ2v) is 20.8. The fraction of sp³-hybridized carbons (Fsp3) is 0.200. The molecule has 0 saturated carbocycles. The summed E-state index contributed by atoms with van der Waals surface area (Å²) >= 11 is 6.87. The van der Waals surface area contributed by atoms with Crippen LogP contribution < -0.4 is 18.9 Å². The molecule has 1 heterocycles. The molecule has 68 heavy (non-hydrogen) atoms. The van der Waals surface area contributed by atoms with Crippen molar-refractivity contribution in [2.24, 2.45) is 0 Å². The van der Waals surface area contributed by atoms with Gasteiger partial charge in [-0.2, -0.15) is 0 Å². The van der Waals surface area contributed by atoms with E-state index >= 15 is 0 Å². The molecule has 0 aromatic heterocycles. The Morgan fingerprint density at radius 3 is 0.588 bits per heavy atom. The summed E-state index contributed by atoms with van der Waals surface area (Å²) in [6.07, 6.45) is 3.46. The third-order valence-electron chi connectivity index (χ3n) is 11.2. The van der Waals surface area contributed by atoms with Crippen molar-refractivity contribution >= 4 is 47.0 Å². The molecule has 0 aliphatic carbocycles. The molecule has 4 nitrogen and oxygen atoms in total. The minimum absolute atomic E-state index is 0.569. The normalized spacial score (nSPS) is 12.1. The largest absolute Gasteiger partial charge is 0.491 e. The molecule has 0 fully saturated rings. The third kappa shape index (κ3) is 11.1. The second kappa shape index (κ2) is 23.1. The molecule has 0 atom stereocenters. The molecule has 0 radical (unpaired) electrons. The molecule has 0 N–H and O–H groups in total. The fourth-order valence-electron chi connectivity index (χ4n) is 7.96. The van der Waals surface area contributed by atoms with E-state index in [1.54, 1.807) is 47.0 Å². The summed E-state index contributed by atoms with van der Waals surface area (Å²) < 4.78 is 27.8. The Hall–Kier alpha value is -5.64. The van der Waals surface area contributed by atoms with E-state index < -0.39 is 0 Å². The van der Waals surface area contributed by atoms with Gasteiger partial charge in [0.05, 0.1) is 65.6 Å². The number of hydrogen-bond acceptors (Lipinski definition) is 8. The van der Waals surface area contributed by atoms with E-state index in [9.17, 15) is 0 Å². The van der Waals surface area contributed by atoms with E-state index in [1.165, 1.54) is 0 Å². The van der Waals surface area contributed by atoms with Crippen LogP contribution >= 0.6 is 47.0 Å². The molecule has 0 amide bonds. The average molecular weight is 969 g/mol. The summed E-state index contributed by atoms with van der Waals surface area (Å²) in [5.41, 5.74) is 8.96. The maximum atomic E-state index is 6.96. The van der Waals surface area contributed by atoms with Gasteiger partial charge in [0, 0.05) is 0 Å². The molecule has 8 aromatic rings. The van der Waals surface area contributed by atoms with Gasteiger partial charge in [-0.15, -0.1) is 0 Å². The Balaban J connectivity index is 1.40. The summed E-state index contributed by atoms with van der Waals surface area (Å²) in [4.78, 5) is 8.13. The maximum Gasteiger partial charge on any atom is 0.147 e. The SMILES string of the molecule is CCCOc1c2cc(-c3ccccc3)cc1Sc1cc(-c3ccccc3)cc(c1OCCC)Sc1cc(-c3ccccc3)cc(c1OCCC)Sc1cc(-c3ccccc3)cc(c1OCCC)S2. The highest BCUT2D eigenvalue weighted by Crippen LogP contribution is 2.56. The van der Waals surface area contributed by atoms with Gasteiger partial charge in [-0.1, -0.05) is 196 Å². The topological polar surface area (TPSA) is 36.9 Å². The number of fused-ring (bicyclic) bond motifs is 8. The van der Waals surface area contributed by atoms with Crippen molar-refractivity contribution < 1.29 is 18.9 Å². The predicted molar refractivity (Wildman–Crippen MR) is 287 cm³/mol. The highest BCUT2D eigenvalue weighted by Gasteiger charge is 2.27. The first-order valence-corrected chi connectivity index (χ1v) is 27.0. The van der Waals surface area contributed by atoms with Crippen LogP contribution in [0.15, 0.2) is 209 Å². The van der Waals surface area contributed by atoms with Crippen LogP contribution in [0.25, 0.3) is 44.5 Å². The Morgan fingerprint density at radius 1 is 0.250 bits per heavy atom. The number of ether oxygens (including phenoxy) is 4. The van der Waals surface area contributed by atoms with Crippen LogP contribution in [0, 0.1) is 0 Å². The van der Waals surface area contributed by atoms with Crippen molar-refractivity contribution in [3.63, 3.8) is 0 Å². The van der Waals surface area contributed by atoms with Gasteiger partial charge in [0.2, 0.25) is 0 Å².